The standard InChI is InChI=1S/C11H21N3O/c1-13(9-4-5-9)8-10-3-2-6-14(10)11(15)7-12/h9-10H,2-8,12H2,1H3/t10-/m0/s1. The molecule has 0 aromatic carbocycles. The summed E-state index contributed by atoms with van der Waals surface area (Å²) < 4.78 is 0. The van der Waals surface area contributed by atoms with Gasteiger partial charge in [0.2, 0.25) is 5.91 Å². The second-order valence-electron chi connectivity index (χ2n) is 4.76. The highest BCUT2D eigenvalue weighted by Gasteiger charge is 2.33. The summed E-state index contributed by atoms with van der Waals surface area (Å²) in [6, 6.07) is 1.19. The van der Waals surface area contributed by atoms with Gasteiger partial charge in [-0.25, -0.2) is 0 Å². The van der Waals surface area contributed by atoms with E-state index in [4.69, 9.17) is 5.73 Å². The Hall–Kier alpha value is -0.610. The van der Waals surface area contributed by atoms with Gasteiger partial charge >= 0.3 is 0 Å². The van der Waals surface area contributed by atoms with E-state index in [1.807, 2.05) is 4.90 Å². The van der Waals surface area contributed by atoms with Crippen molar-refractivity contribution in [1.29, 1.82) is 0 Å². The number of rotatable bonds is 4. The highest BCUT2D eigenvalue weighted by Crippen LogP contribution is 2.27. The predicted octanol–water partition coefficient (Wildman–Crippen LogP) is 0.0303. The molecule has 1 amide bonds. The molecule has 2 N–H and O–H groups in total. The maximum absolute atomic E-state index is 11.6. The lowest BCUT2D eigenvalue weighted by Gasteiger charge is -2.28. The lowest BCUT2D eigenvalue weighted by molar-refractivity contribution is -0.130. The van der Waals surface area contributed by atoms with E-state index >= 15 is 0 Å². The summed E-state index contributed by atoms with van der Waals surface area (Å²) in [5, 5.41) is 0. The first-order valence-corrected chi connectivity index (χ1v) is 5.92. The SMILES string of the molecule is CN(C[C@@H]1CCCN1C(=O)CN)C1CC1. The normalized spacial score (nSPS) is 26.3. The Kier molecular flexibility index (Phi) is 3.26. The first-order valence-electron chi connectivity index (χ1n) is 5.92. The molecular formula is C11H21N3O. The lowest BCUT2D eigenvalue weighted by atomic mass is 10.2. The monoisotopic (exact) mass is 211 g/mol. The van der Waals surface area contributed by atoms with E-state index < -0.39 is 0 Å². The third kappa shape index (κ3) is 2.49. The van der Waals surface area contributed by atoms with Gasteiger partial charge in [-0.1, -0.05) is 0 Å². The van der Waals surface area contributed by atoms with Crippen molar-refractivity contribution in [3.63, 3.8) is 0 Å². The van der Waals surface area contributed by atoms with Crippen LogP contribution in [0.3, 0.4) is 0 Å². The highest BCUT2D eigenvalue weighted by atomic mass is 16.2. The van der Waals surface area contributed by atoms with Crippen LogP contribution in [-0.2, 0) is 4.79 Å². The minimum Gasteiger partial charge on any atom is -0.337 e. The van der Waals surface area contributed by atoms with Crippen LogP contribution in [-0.4, -0.2) is 54.5 Å². The Morgan fingerprint density at radius 2 is 2.20 bits per heavy atom. The molecule has 4 nitrogen and oxygen atoms in total. The molecule has 0 spiro atoms. The van der Waals surface area contributed by atoms with Crippen LogP contribution in [0.5, 0.6) is 0 Å². The van der Waals surface area contributed by atoms with E-state index in [0.29, 0.717) is 6.04 Å². The Balaban J connectivity index is 1.86. The molecule has 0 radical (unpaired) electrons. The maximum atomic E-state index is 11.6. The fourth-order valence-corrected chi connectivity index (χ4v) is 2.47. The van der Waals surface area contributed by atoms with Crippen LogP contribution in [0, 0.1) is 0 Å². The second kappa shape index (κ2) is 4.49. The summed E-state index contributed by atoms with van der Waals surface area (Å²) in [5.41, 5.74) is 5.41. The minimum absolute atomic E-state index is 0.113. The maximum Gasteiger partial charge on any atom is 0.236 e. The van der Waals surface area contributed by atoms with Crippen LogP contribution in [0.2, 0.25) is 0 Å². The summed E-state index contributed by atoms with van der Waals surface area (Å²) in [4.78, 5) is 15.9. The topological polar surface area (TPSA) is 49.6 Å². The number of carbonyl (C=O) groups is 1. The highest BCUT2D eigenvalue weighted by molar-refractivity contribution is 5.78. The summed E-state index contributed by atoms with van der Waals surface area (Å²) in [6.07, 6.45) is 4.93. The van der Waals surface area contributed by atoms with Crippen LogP contribution in [0.1, 0.15) is 25.7 Å². The van der Waals surface area contributed by atoms with Crippen LogP contribution in [0.25, 0.3) is 0 Å². The van der Waals surface area contributed by atoms with Crippen molar-refractivity contribution in [3.8, 4) is 0 Å². The fourth-order valence-electron chi connectivity index (χ4n) is 2.47. The molecule has 4 heteroatoms. The van der Waals surface area contributed by atoms with E-state index in [9.17, 15) is 4.79 Å². The number of likely N-dealkylation sites (N-methyl/N-ethyl adjacent to an activating group) is 1. The number of hydrogen-bond donors (Lipinski definition) is 1. The summed E-state index contributed by atoms with van der Waals surface area (Å²) in [6.45, 7) is 2.08. The molecular weight excluding hydrogens is 190 g/mol. The largest absolute Gasteiger partial charge is 0.337 e. The first kappa shape index (κ1) is 10.9. The van der Waals surface area contributed by atoms with Crippen molar-refractivity contribution in [1.82, 2.24) is 9.80 Å². The molecule has 1 saturated heterocycles. The van der Waals surface area contributed by atoms with E-state index in [0.717, 1.165) is 32.0 Å². The van der Waals surface area contributed by atoms with Gasteiger partial charge in [-0.3, -0.25) is 4.79 Å². The molecule has 86 valence electrons. The van der Waals surface area contributed by atoms with Gasteiger partial charge in [0.25, 0.3) is 0 Å². The average Bonchev–Trinajstić information content (AvgIpc) is 2.99. The zero-order valence-electron chi connectivity index (χ0n) is 9.48. The molecule has 1 atom stereocenters. The summed E-state index contributed by atoms with van der Waals surface area (Å²) >= 11 is 0. The van der Waals surface area contributed by atoms with Crippen molar-refractivity contribution in [2.75, 3.05) is 26.7 Å². The van der Waals surface area contributed by atoms with Crippen molar-refractivity contribution in [3.05, 3.63) is 0 Å². The molecule has 1 heterocycles. The zero-order valence-corrected chi connectivity index (χ0v) is 9.48. The Labute approximate surface area is 91.4 Å². The third-order valence-corrected chi connectivity index (χ3v) is 3.54. The molecule has 1 saturated carbocycles. The Morgan fingerprint density at radius 3 is 2.80 bits per heavy atom. The molecule has 2 fully saturated rings. The van der Waals surface area contributed by atoms with Gasteiger partial charge < -0.3 is 15.5 Å². The lowest BCUT2D eigenvalue weighted by Crippen LogP contribution is -2.45. The van der Waals surface area contributed by atoms with Crippen LogP contribution >= 0.6 is 0 Å². The Morgan fingerprint density at radius 1 is 1.47 bits per heavy atom. The number of amides is 1. The number of likely N-dealkylation sites (tertiary alicyclic amines) is 1. The molecule has 0 aromatic rings. The van der Waals surface area contributed by atoms with E-state index in [-0.39, 0.29) is 12.5 Å². The molecule has 0 bridgehead atoms. The van der Waals surface area contributed by atoms with Crippen LogP contribution < -0.4 is 5.73 Å². The number of hydrogen-bond acceptors (Lipinski definition) is 3. The summed E-state index contributed by atoms with van der Waals surface area (Å²) in [5.74, 6) is 0.113. The van der Waals surface area contributed by atoms with Gasteiger partial charge in [-0.15, -0.1) is 0 Å². The number of nitrogens with two attached hydrogens (primary N) is 1. The molecule has 1 aliphatic heterocycles. The van der Waals surface area contributed by atoms with Gasteiger partial charge in [0.1, 0.15) is 0 Å². The van der Waals surface area contributed by atoms with Gasteiger partial charge in [-0.2, -0.15) is 0 Å². The van der Waals surface area contributed by atoms with Gasteiger partial charge in [0.05, 0.1) is 6.54 Å². The second-order valence-corrected chi connectivity index (χ2v) is 4.76. The smallest absolute Gasteiger partial charge is 0.236 e. The predicted molar refractivity (Wildman–Crippen MR) is 59.4 cm³/mol. The molecule has 0 aromatic heterocycles. The molecule has 2 rings (SSSR count). The Bertz CT molecular complexity index is 240. The molecule has 0 unspecified atom stereocenters. The third-order valence-electron chi connectivity index (χ3n) is 3.54. The van der Waals surface area contributed by atoms with Crippen LogP contribution in [0.4, 0.5) is 0 Å². The zero-order chi connectivity index (χ0) is 10.8. The first-order chi connectivity index (χ1) is 7.22. The van der Waals surface area contributed by atoms with Crippen LogP contribution in [0.15, 0.2) is 0 Å². The van der Waals surface area contributed by atoms with Gasteiger partial charge in [0.15, 0.2) is 0 Å². The van der Waals surface area contributed by atoms with E-state index in [1.54, 1.807) is 0 Å². The van der Waals surface area contributed by atoms with E-state index in [2.05, 4.69) is 11.9 Å². The minimum atomic E-state index is 0.113. The average molecular weight is 211 g/mol. The van der Waals surface area contributed by atoms with Gasteiger partial charge in [0, 0.05) is 25.2 Å². The quantitative estimate of drug-likeness (QED) is 0.714. The van der Waals surface area contributed by atoms with E-state index in [1.165, 1.54) is 12.8 Å². The van der Waals surface area contributed by atoms with Crippen molar-refractivity contribution in [2.24, 2.45) is 5.73 Å². The van der Waals surface area contributed by atoms with Crippen molar-refractivity contribution >= 4 is 5.91 Å². The van der Waals surface area contributed by atoms with Gasteiger partial charge in [-0.05, 0) is 32.7 Å². The summed E-state index contributed by atoms with van der Waals surface area (Å²) in [7, 11) is 2.17. The fraction of sp³-hybridized carbons (Fsp3) is 0.909. The molecule has 1 aliphatic carbocycles. The molecule has 2 aliphatic rings. The number of carbonyl (C=O) groups excluding carboxylic acids is 1. The molecule has 15 heavy (non-hydrogen) atoms. The van der Waals surface area contributed by atoms with Crippen molar-refractivity contribution in [2.45, 2.75) is 37.8 Å². The number of nitrogens with zero attached hydrogens (tertiary/aromatic N) is 2. The van der Waals surface area contributed by atoms with Crippen molar-refractivity contribution < 1.29 is 4.79 Å².